The number of esters is 1. The van der Waals surface area contributed by atoms with Crippen LogP contribution in [0.1, 0.15) is 43.6 Å². The van der Waals surface area contributed by atoms with Gasteiger partial charge in [-0.3, -0.25) is 9.69 Å². The molecule has 0 amide bonds. The number of carbonyl (C=O) groups excluding carboxylic acids is 1. The first-order valence-electron chi connectivity index (χ1n) is 7.21. The van der Waals surface area contributed by atoms with Crippen molar-refractivity contribution in [1.82, 2.24) is 14.5 Å². The maximum Gasteiger partial charge on any atom is 0.323 e. The Morgan fingerprint density at radius 2 is 2.26 bits per heavy atom. The molecule has 0 aromatic carbocycles. The summed E-state index contributed by atoms with van der Waals surface area (Å²) in [4.78, 5) is 18.6. The molecule has 2 aliphatic heterocycles. The molecule has 0 bridgehead atoms. The molecule has 1 saturated carbocycles. The molecule has 3 heterocycles. The third-order valence-electron chi connectivity index (χ3n) is 4.50. The Hall–Kier alpha value is -1.36. The number of rotatable bonds is 2. The summed E-state index contributed by atoms with van der Waals surface area (Å²) in [6.07, 6.45) is 6.45. The highest BCUT2D eigenvalue weighted by atomic mass is 16.6. The standard InChI is InChI=1S/C14H19N3O2/c1-9-6-13(14(18)19-9)16-5-4-12-11(7-16)15-8-17(12)10-2-3-10/h8-10,13H,2-7H2,1H3/t9-,13+/m0/s1. The molecule has 0 radical (unpaired) electrons. The summed E-state index contributed by atoms with van der Waals surface area (Å²) in [7, 11) is 0. The number of aromatic nitrogens is 2. The van der Waals surface area contributed by atoms with Crippen molar-refractivity contribution in [3.05, 3.63) is 17.7 Å². The van der Waals surface area contributed by atoms with E-state index >= 15 is 0 Å². The average Bonchev–Trinajstić information content (AvgIpc) is 3.06. The zero-order valence-corrected chi connectivity index (χ0v) is 11.2. The van der Waals surface area contributed by atoms with Gasteiger partial charge in [0.05, 0.1) is 12.0 Å². The normalized spacial score (nSPS) is 31.3. The van der Waals surface area contributed by atoms with Crippen molar-refractivity contribution in [1.29, 1.82) is 0 Å². The van der Waals surface area contributed by atoms with Crippen LogP contribution in [0, 0.1) is 0 Å². The first-order valence-corrected chi connectivity index (χ1v) is 7.21. The van der Waals surface area contributed by atoms with E-state index in [1.807, 2.05) is 13.3 Å². The lowest BCUT2D eigenvalue weighted by molar-refractivity contribution is -0.145. The van der Waals surface area contributed by atoms with Crippen molar-refractivity contribution in [3.8, 4) is 0 Å². The van der Waals surface area contributed by atoms with Gasteiger partial charge in [-0.2, -0.15) is 0 Å². The lowest BCUT2D eigenvalue weighted by Gasteiger charge is -2.29. The fraction of sp³-hybridized carbons (Fsp3) is 0.714. The largest absolute Gasteiger partial charge is 0.461 e. The van der Waals surface area contributed by atoms with Gasteiger partial charge in [0.25, 0.3) is 0 Å². The van der Waals surface area contributed by atoms with Crippen LogP contribution in [-0.4, -0.2) is 39.1 Å². The lowest BCUT2D eigenvalue weighted by Crippen LogP contribution is -2.42. The van der Waals surface area contributed by atoms with Gasteiger partial charge in [0.2, 0.25) is 0 Å². The summed E-state index contributed by atoms with van der Waals surface area (Å²) in [5.41, 5.74) is 2.55. The molecule has 4 rings (SSSR count). The van der Waals surface area contributed by atoms with Crippen molar-refractivity contribution in [3.63, 3.8) is 0 Å². The van der Waals surface area contributed by atoms with Crippen LogP contribution >= 0.6 is 0 Å². The van der Waals surface area contributed by atoms with E-state index in [4.69, 9.17) is 4.74 Å². The first-order chi connectivity index (χ1) is 9.22. The quantitative estimate of drug-likeness (QED) is 0.752. The minimum Gasteiger partial charge on any atom is -0.461 e. The second-order valence-corrected chi connectivity index (χ2v) is 6.00. The second-order valence-electron chi connectivity index (χ2n) is 6.00. The van der Waals surface area contributed by atoms with Gasteiger partial charge in [0.1, 0.15) is 12.1 Å². The predicted molar refractivity (Wildman–Crippen MR) is 68.6 cm³/mol. The SMILES string of the molecule is C[C@H]1C[C@@H](N2CCc3c(ncn3C3CC3)C2)C(=O)O1. The van der Waals surface area contributed by atoms with E-state index < -0.39 is 0 Å². The van der Waals surface area contributed by atoms with E-state index in [-0.39, 0.29) is 18.1 Å². The molecule has 1 aromatic rings. The van der Waals surface area contributed by atoms with Gasteiger partial charge < -0.3 is 9.30 Å². The molecule has 0 N–H and O–H groups in total. The third kappa shape index (κ3) is 1.87. The van der Waals surface area contributed by atoms with Crippen LogP contribution in [0.2, 0.25) is 0 Å². The maximum atomic E-state index is 11.8. The molecule has 5 heteroatoms. The van der Waals surface area contributed by atoms with E-state index in [0.29, 0.717) is 6.04 Å². The van der Waals surface area contributed by atoms with Crippen LogP contribution in [-0.2, 0) is 22.5 Å². The molecule has 1 saturated heterocycles. The van der Waals surface area contributed by atoms with Crippen LogP contribution in [0.15, 0.2) is 6.33 Å². The zero-order chi connectivity index (χ0) is 13.0. The molecule has 0 spiro atoms. The van der Waals surface area contributed by atoms with E-state index in [9.17, 15) is 4.79 Å². The van der Waals surface area contributed by atoms with Crippen LogP contribution in [0.3, 0.4) is 0 Å². The van der Waals surface area contributed by atoms with Crippen LogP contribution in [0.5, 0.6) is 0 Å². The molecule has 1 aliphatic carbocycles. The fourth-order valence-electron chi connectivity index (χ4n) is 3.32. The van der Waals surface area contributed by atoms with Gasteiger partial charge in [-0.05, 0) is 19.8 Å². The number of hydrogen-bond donors (Lipinski definition) is 0. The average molecular weight is 261 g/mol. The monoisotopic (exact) mass is 261 g/mol. The second kappa shape index (κ2) is 4.07. The summed E-state index contributed by atoms with van der Waals surface area (Å²) in [6.45, 7) is 3.70. The van der Waals surface area contributed by atoms with Crippen molar-refractivity contribution >= 4 is 5.97 Å². The van der Waals surface area contributed by atoms with Gasteiger partial charge in [0, 0.05) is 37.7 Å². The number of fused-ring (bicyclic) bond motifs is 1. The Bertz CT molecular complexity index is 521. The Kier molecular flexibility index (Phi) is 2.45. The maximum absolute atomic E-state index is 11.8. The smallest absolute Gasteiger partial charge is 0.323 e. The molecule has 5 nitrogen and oxygen atoms in total. The highest BCUT2D eigenvalue weighted by Crippen LogP contribution is 2.37. The number of imidazole rings is 1. The summed E-state index contributed by atoms with van der Waals surface area (Å²) in [5.74, 6) is -0.0578. The molecule has 1 aromatic heterocycles. The minimum atomic E-state index is -0.0609. The van der Waals surface area contributed by atoms with E-state index in [2.05, 4.69) is 14.5 Å². The Labute approximate surface area is 112 Å². The van der Waals surface area contributed by atoms with Crippen molar-refractivity contribution in [2.24, 2.45) is 0 Å². The topological polar surface area (TPSA) is 47.4 Å². The summed E-state index contributed by atoms with van der Waals surface area (Å²) >= 11 is 0. The number of carbonyl (C=O) groups is 1. The van der Waals surface area contributed by atoms with Crippen LogP contribution < -0.4 is 0 Å². The molecule has 2 fully saturated rings. The number of hydrogen-bond acceptors (Lipinski definition) is 4. The van der Waals surface area contributed by atoms with E-state index in [1.54, 1.807) is 0 Å². The van der Waals surface area contributed by atoms with Crippen molar-refractivity contribution in [2.45, 2.75) is 57.3 Å². The minimum absolute atomic E-state index is 0.0578. The fourth-order valence-corrected chi connectivity index (χ4v) is 3.32. The summed E-state index contributed by atoms with van der Waals surface area (Å²) in [5, 5.41) is 0. The highest BCUT2D eigenvalue weighted by Gasteiger charge is 2.39. The lowest BCUT2D eigenvalue weighted by atomic mass is 10.1. The Morgan fingerprint density at radius 3 is 2.95 bits per heavy atom. The molecule has 19 heavy (non-hydrogen) atoms. The Balaban J connectivity index is 1.54. The van der Waals surface area contributed by atoms with Crippen molar-refractivity contribution < 1.29 is 9.53 Å². The highest BCUT2D eigenvalue weighted by molar-refractivity contribution is 5.78. The van der Waals surface area contributed by atoms with Gasteiger partial charge in [-0.25, -0.2) is 4.98 Å². The number of cyclic esters (lactones) is 1. The van der Waals surface area contributed by atoms with Crippen LogP contribution in [0.25, 0.3) is 0 Å². The third-order valence-corrected chi connectivity index (χ3v) is 4.50. The van der Waals surface area contributed by atoms with E-state index in [0.717, 1.165) is 31.6 Å². The number of nitrogens with zero attached hydrogens (tertiary/aromatic N) is 3. The molecular weight excluding hydrogens is 242 g/mol. The first kappa shape index (κ1) is 11.5. The Morgan fingerprint density at radius 1 is 1.42 bits per heavy atom. The molecule has 2 atom stereocenters. The molecule has 102 valence electrons. The van der Waals surface area contributed by atoms with Crippen LogP contribution in [0.4, 0.5) is 0 Å². The van der Waals surface area contributed by atoms with Gasteiger partial charge in [0.15, 0.2) is 0 Å². The summed E-state index contributed by atoms with van der Waals surface area (Å²) < 4.78 is 7.61. The van der Waals surface area contributed by atoms with Gasteiger partial charge in [-0.15, -0.1) is 0 Å². The van der Waals surface area contributed by atoms with E-state index in [1.165, 1.54) is 18.5 Å². The zero-order valence-electron chi connectivity index (χ0n) is 11.2. The molecule has 3 aliphatic rings. The van der Waals surface area contributed by atoms with Gasteiger partial charge >= 0.3 is 5.97 Å². The number of ether oxygens (including phenoxy) is 1. The molecule has 0 unspecified atom stereocenters. The van der Waals surface area contributed by atoms with Crippen molar-refractivity contribution in [2.75, 3.05) is 6.54 Å². The summed E-state index contributed by atoms with van der Waals surface area (Å²) in [6, 6.07) is 0.633. The van der Waals surface area contributed by atoms with Gasteiger partial charge in [-0.1, -0.05) is 0 Å². The predicted octanol–water partition coefficient (Wildman–Crippen LogP) is 1.28. The molecular formula is C14H19N3O2.